The second-order valence-electron chi connectivity index (χ2n) is 27.0. The highest BCUT2D eigenvalue weighted by Crippen LogP contribution is 2.45. The summed E-state index contributed by atoms with van der Waals surface area (Å²) in [6.07, 6.45) is 79.5. The first kappa shape index (κ1) is 98.0. The molecule has 0 heterocycles. The first-order valence-electron chi connectivity index (χ1n) is 40.5. The van der Waals surface area contributed by atoms with E-state index in [0.717, 1.165) is 180 Å². The average molecular weight is 1480 g/mol. The number of phosphoric acid groups is 2. The molecule has 0 saturated carbocycles. The van der Waals surface area contributed by atoms with Crippen LogP contribution in [0.3, 0.4) is 0 Å². The fourth-order valence-corrected chi connectivity index (χ4v) is 12.5. The van der Waals surface area contributed by atoms with Crippen LogP contribution in [0.1, 0.15) is 349 Å². The summed E-state index contributed by atoms with van der Waals surface area (Å²) in [6, 6.07) is 0. The van der Waals surface area contributed by atoms with Crippen molar-refractivity contribution in [1.29, 1.82) is 0 Å². The Bertz CT molecular complexity index is 2310. The van der Waals surface area contributed by atoms with E-state index < -0.39 is 97.5 Å². The van der Waals surface area contributed by atoms with Crippen molar-refractivity contribution >= 4 is 39.5 Å². The molecular weight excluding hydrogens is 1330 g/mol. The van der Waals surface area contributed by atoms with E-state index in [2.05, 4.69) is 125 Å². The van der Waals surface area contributed by atoms with Crippen LogP contribution >= 0.6 is 15.6 Å². The monoisotopic (exact) mass is 1480 g/mol. The zero-order valence-electron chi connectivity index (χ0n) is 64.5. The van der Waals surface area contributed by atoms with Crippen LogP contribution in [0, 0.1) is 0 Å². The Balaban J connectivity index is 5.36. The maximum Gasteiger partial charge on any atom is 0.472 e. The van der Waals surface area contributed by atoms with E-state index >= 15 is 0 Å². The molecule has 0 spiro atoms. The molecule has 102 heavy (non-hydrogen) atoms. The van der Waals surface area contributed by atoms with E-state index in [1.807, 2.05) is 0 Å². The summed E-state index contributed by atoms with van der Waals surface area (Å²) < 4.78 is 68.6. The lowest BCUT2D eigenvalue weighted by molar-refractivity contribution is -0.161. The van der Waals surface area contributed by atoms with Gasteiger partial charge >= 0.3 is 39.5 Å². The first-order chi connectivity index (χ1) is 49.7. The van der Waals surface area contributed by atoms with Crippen LogP contribution in [0.4, 0.5) is 0 Å². The summed E-state index contributed by atoms with van der Waals surface area (Å²) >= 11 is 0. The second-order valence-corrected chi connectivity index (χ2v) is 29.9. The molecule has 0 aromatic carbocycles. The van der Waals surface area contributed by atoms with Gasteiger partial charge in [-0.3, -0.25) is 37.3 Å². The van der Waals surface area contributed by atoms with Crippen LogP contribution in [-0.4, -0.2) is 96.7 Å². The van der Waals surface area contributed by atoms with E-state index in [-0.39, 0.29) is 25.7 Å². The molecule has 5 unspecified atom stereocenters. The molecule has 0 radical (unpaired) electrons. The molecule has 0 aliphatic rings. The number of rotatable bonds is 76. The van der Waals surface area contributed by atoms with Crippen molar-refractivity contribution in [3.05, 3.63) is 97.2 Å². The zero-order valence-corrected chi connectivity index (χ0v) is 66.3. The lowest BCUT2D eigenvalue weighted by atomic mass is 10.0. The fourth-order valence-electron chi connectivity index (χ4n) is 10.9. The van der Waals surface area contributed by atoms with Gasteiger partial charge in [0, 0.05) is 25.7 Å². The van der Waals surface area contributed by atoms with Crippen molar-refractivity contribution in [1.82, 2.24) is 0 Å². The summed E-state index contributed by atoms with van der Waals surface area (Å²) in [7, 11) is -9.96. The molecule has 0 aliphatic carbocycles. The standard InChI is InChI=1S/C83H146O17P2/c1-5-9-13-17-21-25-29-33-36-38-41-44-47-51-55-59-63-67-80(85)93-73-78(99-82(87)69-65-61-57-53-49-43-32-28-24-20-16-12-8-4)75-97-101(89,90)95-71-77(84)72-96-102(91,92)98-76-79(100-83(88)70-66-62-58-54-50-46-40-35-31-27-23-19-15-11-7-3)74-94-81(86)68-64-60-56-52-48-45-42-39-37-34-30-26-22-18-14-10-6-2/h9-10,13-14,21-22,25-26,33-37,40-41,44,77-79,84H,5-8,11-12,15-20,23-24,27-32,38-39,42-43,45-76H2,1-4H3,(H,89,90)(H,91,92)/b13-9-,14-10-,25-21-,26-22-,36-33-,37-34-,40-35-,44-41-. The van der Waals surface area contributed by atoms with Gasteiger partial charge in [-0.05, 0) is 122 Å². The lowest BCUT2D eigenvalue weighted by Gasteiger charge is -2.21. The first-order valence-corrected chi connectivity index (χ1v) is 43.5. The maximum absolute atomic E-state index is 13.1. The third kappa shape index (κ3) is 74.3. The van der Waals surface area contributed by atoms with Crippen molar-refractivity contribution in [3.63, 3.8) is 0 Å². The molecule has 0 aliphatic heterocycles. The molecule has 19 heteroatoms. The minimum Gasteiger partial charge on any atom is -0.462 e. The van der Waals surface area contributed by atoms with Gasteiger partial charge in [-0.25, -0.2) is 9.13 Å². The highest BCUT2D eigenvalue weighted by molar-refractivity contribution is 7.47. The molecule has 0 amide bonds. The van der Waals surface area contributed by atoms with Gasteiger partial charge in [0.1, 0.15) is 19.3 Å². The van der Waals surface area contributed by atoms with Gasteiger partial charge in [0.15, 0.2) is 12.2 Å². The van der Waals surface area contributed by atoms with Crippen LogP contribution in [0.25, 0.3) is 0 Å². The Morgan fingerprint density at radius 3 is 0.794 bits per heavy atom. The molecule has 3 N–H and O–H groups in total. The van der Waals surface area contributed by atoms with Crippen LogP contribution in [0.2, 0.25) is 0 Å². The third-order valence-electron chi connectivity index (χ3n) is 17.0. The number of ether oxygens (including phenoxy) is 4. The largest absolute Gasteiger partial charge is 0.472 e. The summed E-state index contributed by atoms with van der Waals surface area (Å²) in [5.74, 6) is -2.20. The third-order valence-corrected chi connectivity index (χ3v) is 18.9. The SMILES string of the molecule is CC/C=C\C/C=C\C/C=C\C/C=C\CCCCCCC(=O)OCC(COP(=O)(O)OCC(O)COP(=O)(O)OCC(COC(=O)CCCCCCCCC/C=C\C/C=C\C/C=C\CC)OC(=O)CCCCCCC/C=C\CCCCCCCC)OC(=O)CCCCCCCCCCCCCCC. The summed E-state index contributed by atoms with van der Waals surface area (Å²) in [5, 5.41) is 10.6. The summed E-state index contributed by atoms with van der Waals surface area (Å²) in [4.78, 5) is 73.0. The Hall–Kier alpha value is -4.02. The number of unbranched alkanes of at least 4 members (excludes halogenated alkanes) is 34. The number of hydrogen-bond acceptors (Lipinski definition) is 15. The van der Waals surface area contributed by atoms with E-state index in [4.69, 9.17) is 37.0 Å². The molecule has 17 nitrogen and oxygen atoms in total. The zero-order chi connectivity index (χ0) is 74.6. The van der Waals surface area contributed by atoms with Crippen LogP contribution in [-0.2, 0) is 65.4 Å². The van der Waals surface area contributed by atoms with Gasteiger partial charge in [-0.15, -0.1) is 0 Å². The smallest absolute Gasteiger partial charge is 0.462 e. The number of allylic oxidation sites excluding steroid dienone is 16. The number of carbonyl (C=O) groups excluding carboxylic acids is 4. The van der Waals surface area contributed by atoms with E-state index in [9.17, 15) is 43.2 Å². The molecule has 0 bridgehead atoms. The van der Waals surface area contributed by atoms with Gasteiger partial charge < -0.3 is 33.8 Å². The van der Waals surface area contributed by atoms with Crippen molar-refractivity contribution in [3.8, 4) is 0 Å². The highest BCUT2D eigenvalue weighted by atomic mass is 31.2. The topological polar surface area (TPSA) is 237 Å². The summed E-state index contributed by atoms with van der Waals surface area (Å²) in [5.41, 5.74) is 0. The number of aliphatic hydroxyl groups is 1. The quantitative estimate of drug-likeness (QED) is 0.0169. The Labute approximate surface area is 620 Å². The van der Waals surface area contributed by atoms with Gasteiger partial charge in [0.25, 0.3) is 0 Å². The van der Waals surface area contributed by atoms with E-state index in [1.54, 1.807) is 0 Å². The molecule has 590 valence electrons. The lowest BCUT2D eigenvalue weighted by Crippen LogP contribution is -2.30. The highest BCUT2D eigenvalue weighted by Gasteiger charge is 2.30. The Kier molecular flexibility index (Phi) is 72.3. The molecule has 0 aromatic rings. The van der Waals surface area contributed by atoms with E-state index in [0.29, 0.717) is 25.7 Å². The summed E-state index contributed by atoms with van der Waals surface area (Å²) in [6.45, 7) is 4.65. The Morgan fingerprint density at radius 2 is 0.510 bits per heavy atom. The van der Waals surface area contributed by atoms with Crippen molar-refractivity contribution < 1.29 is 80.2 Å². The maximum atomic E-state index is 13.1. The number of aliphatic hydroxyl groups excluding tert-OH is 1. The van der Waals surface area contributed by atoms with Gasteiger partial charge in [-0.1, -0.05) is 298 Å². The van der Waals surface area contributed by atoms with Crippen LogP contribution in [0.5, 0.6) is 0 Å². The predicted molar refractivity (Wildman–Crippen MR) is 418 cm³/mol. The number of esters is 4. The second kappa shape index (κ2) is 75.2. The number of hydrogen-bond donors (Lipinski definition) is 3. The normalized spacial score (nSPS) is 14.4. The van der Waals surface area contributed by atoms with Crippen LogP contribution < -0.4 is 0 Å². The van der Waals surface area contributed by atoms with Gasteiger partial charge in [0.2, 0.25) is 0 Å². The molecule has 0 rings (SSSR count). The van der Waals surface area contributed by atoms with Crippen LogP contribution in [0.15, 0.2) is 97.2 Å². The molecule has 0 saturated heterocycles. The average Bonchev–Trinajstić information content (AvgIpc) is 0.908. The van der Waals surface area contributed by atoms with Crippen molar-refractivity contribution in [2.45, 2.75) is 367 Å². The number of phosphoric ester groups is 2. The molecule has 0 aromatic heterocycles. The van der Waals surface area contributed by atoms with Crippen molar-refractivity contribution in [2.75, 3.05) is 39.6 Å². The van der Waals surface area contributed by atoms with Crippen molar-refractivity contribution in [2.24, 2.45) is 0 Å². The minimum atomic E-state index is -4.98. The fraction of sp³-hybridized carbons (Fsp3) is 0.759. The molecule has 0 fully saturated rings. The van der Waals surface area contributed by atoms with Gasteiger partial charge in [-0.2, -0.15) is 0 Å². The predicted octanol–water partition coefficient (Wildman–Crippen LogP) is 23.6. The Morgan fingerprint density at radius 1 is 0.284 bits per heavy atom. The van der Waals surface area contributed by atoms with E-state index in [1.165, 1.54) is 89.9 Å². The molecule has 5 atom stereocenters. The van der Waals surface area contributed by atoms with Gasteiger partial charge in [0.05, 0.1) is 26.4 Å². The molecular formula is C83H146O17P2. The minimum absolute atomic E-state index is 0.0837. The number of carbonyl (C=O) groups is 4.